The molecule has 88 valence electrons. The SMILES string of the molecule is CC(C)(C)C(=O)c1sccc1SCC(N)=O. The average Bonchev–Trinajstić information content (AvgIpc) is 2.59. The van der Waals surface area contributed by atoms with E-state index in [0.717, 1.165) is 9.77 Å². The van der Waals surface area contributed by atoms with Gasteiger partial charge in [0.15, 0.2) is 5.78 Å². The number of primary amides is 1. The Labute approximate surface area is 103 Å². The second-order valence-electron chi connectivity index (χ2n) is 4.45. The molecule has 0 aliphatic heterocycles. The van der Waals surface area contributed by atoms with Gasteiger partial charge in [-0.15, -0.1) is 23.1 Å². The molecule has 0 saturated heterocycles. The molecule has 1 rings (SSSR count). The predicted octanol–water partition coefficient (Wildman–Crippen LogP) is 2.55. The van der Waals surface area contributed by atoms with Gasteiger partial charge in [-0.1, -0.05) is 20.8 Å². The van der Waals surface area contributed by atoms with E-state index in [4.69, 9.17) is 5.73 Å². The molecule has 0 spiro atoms. The highest BCUT2D eigenvalue weighted by Crippen LogP contribution is 2.32. The number of hydrogen-bond acceptors (Lipinski definition) is 4. The fourth-order valence-electron chi connectivity index (χ4n) is 1.07. The van der Waals surface area contributed by atoms with Crippen LogP contribution in [0.25, 0.3) is 0 Å². The summed E-state index contributed by atoms with van der Waals surface area (Å²) in [5, 5.41) is 1.86. The summed E-state index contributed by atoms with van der Waals surface area (Å²) in [5.41, 5.74) is 4.68. The molecule has 5 heteroatoms. The summed E-state index contributed by atoms with van der Waals surface area (Å²) in [7, 11) is 0. The topological polar surface area (TPSA) is 60.2 Å². The van der Waals surface area contributed by atoms with E-state index in [2.05, 4.69) is 0 Å². The van der Waals surface area contributed by atoms with Crippen LogP contribution in [0.1, 0.15) is 30.4 Å². The van der Waals surface area contributed by atoms with Crippen molar-refractivity contribution in [2.45, 2.75) is 25.7 Å². The van der Waals surface area contributed by atoms with E-state index in [1.165, 1.54) is 23.1 Å². The first kappa shape index (κ1) is 13.3. The van der Waals surface area contributed by atoms with Gasteiger partial charge in [0, 0.05) is 10.3 Å². The monoisotopic (exact) mass is 257 g/mol. The predicted molar refractivity (Wildman–Crippen MR) is 68.0 cm³/mol. The smallest absolute Gasteiger partial charge is 0.227 e. The van der Waals surface area contributed by atoms with Gasteiger partial charge >= 0.3 is 0 Å². The maximum atomic E-state index is 12.1. The third kappa shape index (κ3) is 3.35. The highest BCUT2D eigenvalue weighted by atomic mass is 32.2. The Bertz CT molecular complexity index is 404. The quantitative estimate of drug-likeness (QED) is 0.666. The van der Waals surface area contributed by atoms with E-state index in [9.17, 15) is 9.59 Å². The largest absolute Gasteiger partial charge is 0.369 e. The molecule has 0 aliphatic rings. The molecule has 0 atom stereocenters. The molecule has 0 bridgehead atoms. The standard InChI is InChI=1S/C11H15NO2S2/c1-11(2,3)10(14)9-7(4-5-15-9)16-6-8(12)13/h4-5H,6H2,1-3H3,(H2,12,13). The number of carbonyl (C=O) groups excluding carboxylic acids is 2. The summed E-state index contributed by atoms with van der Waals surface area (Å²) in [6, 6.07) is 1.86. The van der Waals surface area contributed by atoms with Crippen molar-refractivity contribution >= 4 is 34.8 Å². The minimum atomic E-state index is -0.396. The summed E-state index contributed by atoms with van der Waals surface area (Å²) < 4.78 is 0. The van der Waals surface area contributed by atoms with E-state index < -0.39 is 5.41 Å². The van der Waals surface area contributed by atoms with Crippen molar-refractivity contribution < 1.29 is 9.59 Å². The number of Topliss-reactive ketones (excluding diaryl/α,β-unsaturated/α-hetero) is 1. The maximum Gasteiger partial charge on any atom is 0.227 e. The zero-order valence-electron chi connectivity index (χ0n) is 9.57. The summed E-state index contributed by atoms with van der Waals surface area (Å²) in [6.07, 6.45) is 0. The van der Waals surface area contributed by atoms with Gasteiger partial charge in [-0.25, -0.2) is 0 Å². The van der Waals surface area contributed by atoms with Crippen molar-refractivity contribution in [2.24, 2.45) is 11.1 Å². The Morgan fingerprint density at radius 1 is 1.44 bits per heavy atom. The lowest BCUT2D eigenvalue weighted by Gasteiger charge is -2.16. The lowest BCUT2D eigenvalue weighted by Crippen LogP contribution is -2.20. The Balaban J connectivity index is 2.86. The van der Waals surface area contributed by atoms with E-state index in [1.807, 2.05) is 32.2 Å². The van der Waals surface area contributed by atoms with Gasteiger partial charge in [0.1, 0.15) is 0 Å². The van der Waals surface area contributed by atoms with Crippen LogP contribution in [0.15, 0.2) is 16.3 Å². The van der Waals surface area contributed by atoms with Crippen molar-refractivity contribution in [3.05, 3.63) is 16.3 Å². The van der Waals surface area contributed by atoms with E-state index in [-0.39, 0.29) is 17.4 Å². The van der Waals surface area contributed by atoms with Crippen LogP contribution < -0.4 is 5.73 Å². The first-order valence-corrected chi connectivity index (χ1v) is 6.72. The zero-order chi connectivity index (χ0) is 12.3. The minimum absolute atomic E-state index is 0.106. The van der Waals surface area contributed by atoms with E-state index in [0.29, 0.717) is 0 Å². The van der Waals surface area contributed by atoms with Crippen molar-refractivity contribution in [1.82, 2.24) is 0 Å². The number of rotatable bonds is 4. The molecule has 1 amide bonds. The molecule has 16 heavy (non-hydrogen) atoms. The fourth-order valence-corrected chi connectivity index (χ4v) is 3.10. The van der Waals surface area contributed by atoms with Crippen LogP contribution >= 0.6 is 23.1 Å². The molecule has 0 fully saturated rings. The van der Waals surface area contributed by atoms with Crippen LogP contribution in [0.4, 0.5) is 0 Å². The van der Waals surface area contributed by atoms with Gasteiger partial charge < -0.3 is 5.73 Å². The molecule has 0 aliphatic carbocycles. The van der Waals surface area contributed by atoms with Gasteiger partial charge in [0.2, 0.25) is 5.91 Å². The Morgan fingerprint density at radius 3 is 2.56 bits per heavy atom. The molecular formula is C11H15NO2S2. The molecule has 2 N–H and O–H groups in total. The van der Waals surface area contributed by atoms with Crippen LogP contribution in [0.2, 0.25) is 0 Å². The molecule has 3 nitrogen and oxygen atoms in total. The molecule has 0 saturated carbocycles. The lowest BCUT2D eigenvalue weighted by molar-refractivity contribution is -0.115. The molecule has 1 aromatic heterocycles. The van der Waals surface area contributed by atoms with Crippen LogP contribution in [-0.4, -0.2) is 17.4 Å². The number of nitrogens with two attached hydrogens (primary N) is 1. The average molecular weight is 257 g/mol. The minimum Gasteiger partial charge on any atom is -0.369 e. The second-order valence-corrected chi connectivity index (χ2v) is 6.38. The van der Waals surface area contributed by atoms with Crippen molar-refractivity contribution in [3.8, 4) is 0 Å². The second kappa shape index (κ2) is 5.01. The molecule has 0 unspecified atom stereocenters. The summed E-state index contributed by atoms with van der Waals surface area (Å²) in [5.74, 6) is -0.0546. The summed E-state index contributed by atoms with van der Waals surface area (Å²) >= 11 is 2.73. The molecule has 1 aromatic rings. The number of thiophene rings is 1. The van der Waals surface area contributed by atoms with Crippen molar-refractivity contribution in [2.75, 3.05) is 5.75 Å². The maximum absolute atomic E-state index is 12.1. The third-order valence-electron chi connectivity index (χ3n) is 1.89. The Morgan fingerprint density at radius 2 is 2.06 bits per heavy atom. The van der Waals surface area contributed by atoms with E-state index >= 15 is 0 Å². The normalized spacial score (nSPS) is 11.4. The first-order chi connectivity index (χ1) is 7.32. The molecule has 0 aromatic carbocycles. The molecule has 0 radical (unpaired) electrons. The first-order valence-electron chi connectivity index (χ1n) is 4.86. The van der Waals surface area contributed by atoms with E-state index in [1.54, 1.807) is 0 Å². The van der Waals surface area contributed by atoms with Gasteiger partial charge in [-0.05, 0) is 11.4 Å². The fraction of sp³-hybridized carbons (Fsp3) is 0.455. The van der Waals surface area contributed by atoms with Gasteiger partial charge in [-0.2, -0.15) is 0 Å². The summed E-state index contributed by atoms with van der Waals surface area (Å²) in [4.78, 5) is 24.3. The Kier molecular flexibility index (Phi) is 4.15. The van der Waals surface area contributed by atoms with Crippen LogP contribution in [0.5, 0.6) is 0 Å². The Hall–Kier alpha value is -0.810. The van der Waals surface area contributed by atoms with Crippen molar-refractivity contribution in [3.63, 3.8) is 0 Å². The molecular weight excluding hydrogens is 242 g/mol. The number of ketones is 1. The number of carbonyl (C=O) groups is 2. The van der Waals surface area contributed by atoms with Gasteiger partial charge in [0.05, 0.1) is 10.6 Å². The number of amides is 1. The zero-order valence-corrected chi connectivity index (χ0v) is 11.2. The van der Waals surface area contributed by atoms with Crippen LogP contribution in [0, 0.1) is 5.41 Å². The van der Waals surface area contributed by atoms with Crippen LogP contribution in [0.3, 0.4) is 0 Å². The number of hydrogen-bond donors (Lipinski definition) is 1. The van der Waals surface area contributed by atoms with Crippen molar-refractivity contribution in [1.29, 1.82) is 0 Å². The highest BCUT2D eigenvalue weighted by Gasteiger charge is 2.26. The molecule has 1 heterocycles. The van der Waals surface area contributed by atoms with Gasteiger partial charge in [0.25, 0.3) is 0 Å². The van der Waals surface area contributed by atoms with Crippen LogP contribution in [-0.2, 0) is 4.79 Å². The van der Waals surface area contributed by atoms with Gasteiger partial charge in [-0.3, -0.25) is 9.59 Å². The highest BCUT2D eigenvalue weighted by molar-refractivity contribution is 8.00. The lowest BCUT2D eigenvalue weighted by atomic mass is 9.90. The third-order valence-corrected chi connectivity index (χ3v) is 4.01. The number of thioether (sulfide) groups is 1. The summed E-state index contributed by atoms with van der Waals surface area (Å²) in [6.45, 7) is 5.66.